The van der Waals surface area contributed by atoms with Crippen LogP contribution < -0.4 is 10.2 Å². The van der Waals surface area contributed by atoms with Crippen LogP contribution >= 0.6 is 0 Å². The Kier molecular flexibility index (Phi) is 5.90. The molecule has 112 valence electrons. The lowest BCUT2D eigenvalue weighted by Gasteiger charge is -2.39. The Morgan fingerprint density at radius 1 is 1.20 bits per heavy atom. The topological polar surface area (TPSA) is 15.3 Å². The Morgan fingerprint density at radius 3 is 2.70 bits per heavy atom. The minimum absolute atomic E-state index is 0.482. The van der Waals surface area contributed by atoms with Gasteiger partial charge in [-0.25, -0.2) is 0 Å². The molecule has 2 unspecified atom stereocenters. The molecule has 1 aliphatic heterocycles. The standard InChI is InChI=1S/C18H30N2/c1-4-15-11-9-10-14-20(15)18-13-8-7-12-16(18)17(5-2)19-6-3/h7-8,12-13,15,17,19H,4-6,9-11,14H2,1-3H3. The molecule has 1 aliphatic rings. The van der Waals surface area contributed by atoms with Gasteiger partial charge in [0.25, 0.3) is 0 Å². The fourth-order valence-corrected chi connectivity index (χ4v) is 3.51. The minimum atomic E-state index is 0.482. The van der Waals surface area contributed by atoms with Crippen LogP contribution in [0.15, 0.2) is 24.3 Å². The summed E-state index contributed by atoms with van der Waals surface area (Å²) in [5, 5.41) is 3.63. The molecule has 2 rings (SSSR count). The van der Waals surface area contributed by atoms with E-state index >= 15 is 0 Å². The molecule has 0 amide bonds. The van der Waals surface area contributed by atoms with Gasteiger partial charge in [-0.1, -0.05) is 39.0 Å². The lowest BCUT2D eigenvalue weighted by Crippen LogP contribution is -2.40. The molecule has 20 heavy (non-hydrogen) atoms. The van der Waals surface area contributed by atoms with Crippen molar-refractivity contribution in [1.82, 2.24) is 5.32 Å². The molecule has 1 aromatic carbocycles. The van der Waals surface area contributed by atoms with Crippen LogP contribution in [0.5, 0.6) is 0 Å². The number of para-hydroxylation sites is 1. The zero-order valence-electron chi connectivity index (χ0n) is 13.4. The highest BCUT2D eigenvalue weighted by molar-refractivity contribution is 5.56. The van der Waals surface area contributed by atoms with Gasteiger partial charge in [-0.05, 0) is 50.3 Å². The minimum Gasteiger partial charge on any atom is -0.368 e. The van der Waals surface area contributed by atoms with E-state index in [-0.39, 0.29) is 0 Å². The Bertz CT molecular complexity index is 402. The second-order valence-corrected chi connectivity index (χ2v) is 5.83. The third-order valence-electron chi connectivity index (χ3n) is 4.58. The lowest BCUT2D eigenvalue weighted by molar-refractivity contribution is 0.445. The zero-order valence-corrected chi connectivity index (χ0v) is 13.4. The number of benzene rings is 1. The van der Waals surface area contributed by atoms with Gasteiger partial charge in [0.1, 0.15) is 0 Å². The molecule has 1 aromatic rings. The van der Waals surface area contributed by atoms with Crippen molar-refractivity contribution in [2.45, 2.75) is 65.0 Å². The molecule has 2 heteroatoms. The predicted octanol–water partition coefficient (Wildman–Crippen LogP) is 4.52. The number of piperidine rings is 1. The molecular weight excluding hydrogens is 244 g/mol. The van der Waals surface area contributed by atoms with Crippen LogP contribution in [0.4, 0.5) is 5.69 Å². The molecule has 1 heterocycles. The largest absolute Gasteiger partial charge is 0.368 e. The Balaban J connectivity index is 2.30. The maximum atomic E-state index is 3.63. The highest BCUT2D eigenvalue weighted by Crippen LogP contribution is 2.33. The fraction of sp³-hybridized carbons (Fsp3) is 0.667. The summed E-state index contributed by atoms with van der Waals surface area (Å²) in [6.45, 7) is 9.05. The van der Waals surface area contributed by atoms with Gasteiger partial charge in [0.2, 0.25) is 0 Å². The second-order valence-electron chi connectivity index (χ2n) is 5.83. The van der Waals surface area contributed by atoms with Crippen molar-refractivity contribution in [3.63, 3.8) is 0 Å². The molecule has 2 atom stereocenters. The van der Waals surface area contributed by atoms with Crippen LogP contribution in [0.1, 0.15) is 64.5 Å². The number of rotatable bonds is 6. The van der Waals surface area contributed by atoms with Gasteiger partial charge < -0.3 is 10.2 Å². The number of hydrogen-bond acceptors (Lipinski definition) is 2. The summed E-state index contributed by atoms with van der Waals surface area (Å²) in [6.07, 6.45) is 6.48. The molecule has 0 radical (unpaired) electrons. The summed E-state index contributed by atoms with van der Waals surface area (Å²) >= 11 is 0. The van der Waals surface area contributed by atoms with Gasteiger partial charge in [-0.15, -0.1) is 0 Å². The van der Waals surface area contributed by atoms with Gasteiger partial charge in [-0.2, -0.15) is 0 Å². The summed E-state index contributed by atoms with van der Waals surface area (Å²) in [4.78, 5) is 2.67. The fourth-order valence-electron chi connectivity index (χ4n) is 3.51. The van der Waals surface area contributed by atoms with E-state index < -0.39 is 0 Å². The summed E-state index contributed by atoms with van der Waals surface area (Å²) in [5.41, 5.74) is 2.95. The maximum absolute atomic E-state index is 3.63. The first kappa shape index (κ1) is 15.4. The monoisotopic (exact) mass is 274 g/mol. The van der Waals surface area contributed by atoms with E-state index in [2.05, 4.69) is 55.3 Å². The smallest absolute Gasteiger partial charge is 0.0417 e. The highest BCUT2D eigenvalue weighted by Gasteiger charge is 2.24. The normalized spacial score (nSPS) is 20.9. The van der Waals surface area contributed by atoms with Gasteiger partial charge in [0.15, 0.2) is 0 Å². The summed E-state index contributed by atoms with van der Waals surface area (Å²) < 4.78 is 0. The van der Waals surface area contributed by atoms with E-state index in [1.165, 1.54) is 43.5 Å². The molecule has 0 aromatic heterocycles. The molecule has 2 nitrogen and oxygen atoms in total. The van der Waals surface area contributed by atoms with Gasteiger partial charge >= 0.3 is 0 Å². The summed E-state index contributed by atoms with van der Waals surface area (Å²) in [6, 6.07) is 10.2. The van der Waals surface area contributed by atoms with Crippen LogP contribution in [-0.4, -0.2) is 19.1 Å². The zero-order chi connectivity index (χ0) is 14.4. The average Bonchev–Trinajstić information content (AvgIpc) is 2.52. The highest BCUT2D eigenvalue weighted by atomic mass is 15.2. The van der Waals surface area contributed by atoms with E-state index in [0.717, 1.165) is 19.0 Å². The Morgan fingerprint density at radius 2 is 2.00 bits per heavy atom. The average molecular weight is 274 g/mol. The summed E-state index contributed by atoms with van der Waals surface area (Å²) in [5.74, 6) is 0. The third-order valence-corrected chi connectivity index (χ3v) is 4.58. The first-order chi connectivity index (χ1) is 9.81. The molecule has 0 bridgehead atoms. The molecule has 1 fully saturated rings. The van der Waals surface area contributed by atoms with Gasteiger partial charge in [-0.3, -0.25) is 0 Å². The van der Waals surface area contributed by atoms with Crippen molar-refractivity contribution in [2.24, 2.45) is 0 Å². The first-order valence-corrected chi connectivity index (χ1v) is 8.40. The molecule has 0 aliphatic carbocycles. The van der Waals surface area contributed by atoms with Crippen LogP contribution in [-0.2, 0) is 0 Å². The van der Waals surface area contributed by atoms with E-state index in [1.54, 1.807) is 0 Å². The Labute approximate surface area is 124 Å². The number of nitrogens with zero attached hydrogens (tertiary/aromatic N) is 1. The quantitative estimate of drug-likeness (QED) is 0.820. The van der Waals surface area contributed by atoms with E-state index in [1.807, 2.05) is 0 Å². The van der Waals surface area contributed by atoms with Crippen molar-refractivity contribution < 1.29 is 0 Å². The van der Waals surface area contributed by atoms with E-state index in [0.29, 0.717) is 6.04 Å². The van der Waals surface area contributed by atoms with Crippen LogP contribution in [0.3, 0.4) is 0 Å². The first-order valence-electron chi connectivity index (χ1n) is 8.40. The van der Waals surface area contributed by atoms with Crippen molar-refractivity contribution in [3.05, 3.63) is 29.8 Å². The van der Waals surface area contributed by atoms with Crippen LogP contribution in [0.25, 0.3) is 0 Å². The lowest BCUT2D eigenvalue weighted by atomic mass is 9.95. The van der Waals surface area contributed by atoms with Crippen molar-refractivity contribution >= 4 is 5.69 Å². The molecule has 0 spiro atoms. The number of hydrogen-bond donors (Lipinski definition) is 1. The van der Waals surface area contributed by atoms with Crippen LogP contribution in [0, 0.1) is 0 Å². The summed E-state index contributed by atoms with van der Waals surface area (Å²) in [7, 11) is 0. The predicted molar refractivity (Wildman–Crippen MR) is 88.4 cm³/mol. The number of anilines is 1. The SMILES string of the molecule is CCNC(CC)c1ccccc1N1CCCCC1CC. The maximum Gasteiger partial charge on any atom is 0.0417 e. The van der Waals surface area contributed by atoms with Gasteiger partial charge in [0, 0.05) is 24.3 Å². The van der Waals surface area contributed by atoms with E-state index in [9.17, 15) is 0 Å². The van der Waals surface area contributed by atoms with Crippen molar-refractivity contribution in [2.75, 3.05) is 18.0 Å². The molecule has 0 saturated carbocycles. The second kappa shape index (κ2) is 7.68. The molecular formula is C18H30N2. The van der Waals surface area contributed by atoms with Crippen molar-refractivity contribution in [3.8, 4) is 0 Å². The van der Waals surface area contributed by atoms with E-state index in [4.69, 9.17) is 0 Å². The molecule has 1 saturated heterocycles. The van der Waals surface area contributed by atoms with Crippen LogP contribution in [0.2, 0.25) is 0 Å². The Hall–Kier alpha value is -1.02. The third kappa shape index (κ3) is 3.35. The molecule has 1 N–H and O–H groups in total. The number of nitrogens with one attached hydrogen (secondary N) is 1. The van der Waals surface area contributed by atoms with Crippen molar-refractivity contribution in [1.29, 1.82) is 0 Å². The van der Waals surface area contributed by atoms with Gasteiger partial charge in [0.05, 0.1) is 0 Å².